The number of carbonyl (C=O) groups excluding carboxylic acids is 2. The number of piperidine rings is 1. The molecule has 0 aliphatic carbocycles. The van der Waals surface area contributed by atoms with E-state index in [1.807, 2.05) is 0 Å². The second-order valence-corrected chi connectivity index (χ2v) is 6.31. The van der Waals surface area contributed by atoms with Crippen molar-refractivity contribution in [3.8, 4) is 0 Å². The van der Waals surface area contributed by atoms with Gasteiger partial charge in [-0.2, -0.15) is 9.59 Å². The Morgan fingerprint density at radius 1 is 1.13 bits per heavy atom. The molecule has 0 atom stereocenters. The third kappa shape index (κ3) is 5.31. The minimum Gasteiger partial charge on any atom is -0.317 e. The first-order chi connectivity index (χ1) is 11.2. The first-order valence-corrected chi connectivity index (χ1v) is 8.43. The van der Waals surface area contributed by atoms with Crippen molar-refractivity contribution in [2.45, 2.75) is 39.0 Å². The predicted octanol–water partition coefficient (Wildman–Crippen LogP) is 3.89. The van der Waals surface area contributed by atoms with Crippen molar-refractivity contribution in [1.82, 2.24) is 5.32 Å². The van der Waals surface area contributed by atoms with Gasteiger partial charge in [-0.25, -0.2) is 0 Å². The standard InChI is InChI=1S/C19H25N.CO2/c1-15-8-9-18-7-3-6-17(19(18)14-15)5-2-4-16-10-12-20-13-11-16;2-1-3/h3,6-9,14,16,20H,2,4-5,10-13H2,1H3;. The zero-order chi connectivity index (χ0) is 16.5. The van der Waals surface area contributed by atoms with Gasteiger partial charge in [0.05, 0.1) is 0 Å². The number of rotatable bonds is 4. The highest BCUT2D eigenvalue weighted by molar-refractivity contribution is 5.86. The van der Waals surface area contributed by atoms with E-state index in [4.69, 9.17) is 9.59 Å². The van der Waals surface area contributed by atoms with Crippen molar-refractivity contribution in [3.63, 3.8) is 0 Å². The van der Waals surface area contributed by atoms with Gasteiger partial charge in [0.15, 0.2) is 0 Å². The van der Waals surface area contributed by atoms with E-state index in [2.05, 4.69) is 48.6 Å². The Hall–Kier alpha value is -1.96. The minimum absolute atomic E-state index is 0.250. The largest absolute Gasteiger partial charge is 0.373 e. The van der Waals surface area contributed by atoms with Crippen LogP contribution in [0.3, 0.4) is 0 Å². The molecule has 122 valence electrons. The van der Waals surface area contributed by atoms with Crippen molar-refractivity contribution in [2.24, 2.45) is 5.92 Å². The summed E-state index contributed by atoms with van der Waals surface area (Å²) in [6.07, 6.45) is 6.94. The molecular weight excluding hydrogens is 286 g/mol. The molecule has 0 amide bonds. The lowest BCUT2D eigenvalue weighted by Gasteiger charge is -2.22. The molecule has 1 fully saturated rings. The van der Waals surface area contributed by atoms with Crippen LogP contribution in [0.5, 0.6) is 0 Å². The van der Waals surface area contributed by atoms with Crippen LogP contribution < -0.4 is 5.32 Å². The van der Waals surface area contributed by atoms with Crippen LogP contribution in [-0.2, 0) is 16.0 Å². The normalized spacial score (nSPS) is 14.8. The molecule has 1 aliphatic heterocycles. The Balaban J connectivity index is 0.000000595. The molecule has 3 rings (SSSR count). The van der Waals surface area contributed by atoms with Crippen molar-refractivity contribution >= 4 is 16.9 Å². The molecule has 0 spiro atoms. The molecule has 1 heterocycles. The highest BCUT2D eigenvalue weighted by atomic mass is 16.2. The zero-order valence-corrected chi connectivity index (χ0v) is 13.8. The van der Waals surface area contributed by atoms with Crippen molar-refractivity contribution < 1.29 is 9.59 Å². The molecule has 0 saturated carbocycles. The molecule has 1 aliphatic rings. The van der Waals surface area contributed by atoms with Gasteiger partial charge >= 0.3 is 6.15 Å². The summed E-state index contributed by atoms with van der Waals surface area (Å²) in [7, 11) is 0. The Morgan fingerprint density at radius 3 is 2.61 bits per heavy atom. The second kappa shape index (κ2) is 9.24. The van der Waals surface area contributed by atoms with E-state index in [1.54, 1.807) is 0 Å². The lowest BCUT2D eigenvalue weighted by molar-refractivity contribution is -0.191. The van der Waals surface area contributed by atoms with E-state index in [0.717, 1.165) is 5.92 Å². The summed E-state index contributed by atoms with van der Waals surface area (Å²) in [6, 6.07) is 13.5. The van der Waals surface area contributed by atoms with Crippen LogP contribution in [0.2, 0.25) is 0 Å². The number of benzene rings is 2. The fraction of sp³-hybridized carbons (Fsp3) is 0.450. The van der Waals surface area contributed by atoms with Crippen LogP contribution in [0.1, 0.15) is 36.8 Å². The molecule has 3 heteroatoms. The van der Waals surface area contributed by atoms with Crippen LogP contribution in [0.15, 0.2) is 36.4 Å². The summed E-state index contributed by atoms with van der Waals surface area (Å²) in [6.45, 7) is 4.63. The topological polar surface area (TPSA) is 46.2 Å². The van der Waals surface area contributed by atoms with Crippen LogP contribution in [0.4, 0.5) is 0 Å². The molecular formula is C20H25NO2. The average Bonchev–Trinajstić information content (AvgIpc) is 2.57. The highest BCUT2D eigenvalue weighted by Crippen LogP contribution is 2.24. The maximum Gasteiger partial charge on any atom is 0.373 e. The number of fused-ring (bicyclic) bond motifs is 1. The lowest BCUT2D eigenvalue weighted by atomic mass is 9.90. The number of aryl methyl sites for hydroxylation is 2. The first kappa shape index (κ1) is 17.4. The van der Waals surface area contributed by atoms with Crippen molar-refractivity contribution in [3.05, 3.63) is 47.5 Å². The van der Waals surface area contributed by atoms with Gasteiger partial charge < -0.3 is 5.32 Å². The van der Waals surface area contributed by atoms with Crippen LogP contribution >= 0.6 is 0 Å². The summed E-state index contributed by atoms with van der Waals surface area (Å²) >= 11 is 0. The van der Waals surface area contributed by atoms with Crippen molar-refractivity contribution in [2.75, 3.05) is 13.1 Å². The Morgan fingerprint density at radius 2 is 1.87 bits per heavy atom. The number of nitrogens with one attached hydrogen (secondary N) is 1. The smallest absolute Gasteiger partial charge is 0.317 e. The Labute approximate surface area is 138 Å². The van der Waals surface area contributed by atoms with E-state index >= 15 is 0 Å². The SMILES string of the molecule is Cc1ccc2cccc(CCCC3CCNCC3)c2c1.O=C=O. The van der Waals surface area contributed by atoms with E-state index in [-0.39, 0.29) is 6.15 Å². The van der Waals surface area contributed by atoms with Gasteiger partial charge in [-0.05, 0) is 68.0 Å². The fourth-order valence-electron chi connectivity index (χ4n) is 3.42. The van der Waals surface area contributed by atoms with Gasteiger partial charge in [0.25, 0.3) is 0 Å². The Bertz CT molecular complexity index is 654. The molecule has 1 N–H and O–H groups in total. The summed E-state index contributed by atoms with van der Waals surface area (Å²) in [5.41, 5.74) is 2.89. The molecule has 23 heavy (non-hydrogen) atoms. The van der Waals surface area contributed by atoms with Crippen molar-refractivity contribution in [1.29, 1.82) is 0 Å². The molecule has 0 aromatic heterocycles. The van der Waals surface area contributed by atoms with Crippen LogP contribution in [-0.4, -0.2) is 19.2 Å². The molecule has 2 aromatic rings. The summed E-state index contributed by atoms with van der Waals surface area (Å²) < 4.78 is 0. The highest BCUT2D eigenvalue weighted by Gasteiger charge is 2.12. The molecule has 0 radical (unpaired) electrons. The number of hydrogen-bond donors (Lipinski definition) is 1. The van der Waals surface area contributed by atoms with Gasteiger partial charge in [-0.3, -0.25) is 0 Å². The Kier molecular flexibility index (Phi) is 6.99. The summed E-state index contributed by atoms with van der Waals surface area (Å²) in [4.78, 5) is 16.2. The molecule has 3 nitrogen and oxygen atoms in total. The third-order valence-corrected chi connectivity index (χ3v) is 4.65. The fourth-order valence-corrected chi connectivity index (χ4v) is 3.42. The quantitative estimate of drug-likeness (QED) is 0.932. The van der Waals surface area contributed by atoms with Gasteiger partial charge in [0.2, 0.25) is 0 Å². The van der Waals surface area contributed by atoms with E-state index in [0.29, 0.717) is 0 Å². The molecule has 0 bridgehead atoms. The van der Waals surface area contributed by atoms with Gasteiger partial charge in [-0.1, -0.05) is 48.4 Å². The third-order valence-electron chi connectivity index (χ3n) is 4.65. The summed E-state index contributed by atoms with van der Waals surface area (Å²) in [5.74, 6) is 0.952. The molecule has 1 saturated heterocycles. The first-order valence-electron chi connectivity index (χ1n) is 8.43. The van der Waals surface area contributed by atoms with Gasteiger partial charge in [0.1, 0.15) is 0 Å². The molecule has 2 aromatic carbocycles. The van der Waals surface area contributed by atoms with Crippen LogP contribution in [0.25, 0.3) is 10.8 Å². The maximum atomic E-state index is 8.12. The summed E-state index contributed by atoms with van der Waals surface area (Å²) in [5, 5.41) is 6.29. The van der Waals surface area contributed by atoms with Gasteiger partial charge in [0, 0.05) is 0 Å². The molecule has 0 unspecified atom stereocenters. The van der Waals surface area contributed by atoms with Gasteiger partial charge in [-0.15, -0.1) is 0 Å². The minimum atomic E-state index is 0.250. The van der Waals surface area contributed by atoms with E-state index in [9.17, 15) is 0 Å². The number of hydrogen-bond acceptors (Lipinski definition) is 3. The second-order valence-electron chi connectivity index (χ2n) is 6.31. The van der Waals surface area contributed by atoms with Crippen LogP contribution in [0, 0.1) is 12.8 Å². The van der Waals surface area contributed by atoms with E-state index < -0.39 is 0 Å². The average molecular weight is 311 g/mol. The zero-order valence-electron chi connectivity index (χ0n) is 13.8. The lowest BCUT2D eigenvalue weighted by Crippen LogP contribution is -2.27. The predicted molar refractivity (Wildman–Crippen MR) is 92.2 cm³/mol. The monoisotopic (exact) mass is 311 g/mol. The van der Waals surface area contributed by atoms with E-state index in [1.165, 1.54) is 67.1 Å². The maximum absolute atomic E-state index is 8.12.